The van der Waals surface area contributed by atoms with Crippen molar-refractivity contribution in [2.45, 2.75) is 53.4 Å². The first-order chi connectivity index (χ1) is 7.25. The molecule has 17 heavy (non-hydrogen) atoms. The van der Waals surface area contributed by atoms with Gasteiger partial charge in [-0.2, -0.15) is 0 Å². The van der Waals surface area contributed by atoms with E-state index in [9.17, 15) is 19.8 Å². The molecule has 0 amide bonds. The summed E-state index contributed by atoms with van der Waals surface area (Å²) < 4.78 is 0. The Bertz CT molecular complexity index is 181. The molecule has 0 aromatic heterocycles. The molecule has 0 aliphatic heterocycles. The second kappa shape index (κ2) is 13.8. The number of carboxylic acids is 2. The van der Waals surface area contributed by atoms with Crippen molar-refractivity contribution in [2.75, 3.05) is 0 Å². The maximum atomic E-state index is 9.79. The van der Waals surface area contributed by atoms with E-state index in [4.69, 9.17) is 0 Å². The van der Waals surface area contributed by atoms with Crippen LogP contribution in [0.25, 0.3) is 0 Å². The maximum Gasteiger partial charge on any atom is 2.00 e. The molecule has 0 atom stereocenters. The SMILES string of the molecule is CC(C)CCC(=O)[O-].CC(C)CCC(=O)[O-].[Sn+2]. The number of carbonyl (C=O) groups excluding carboxylic acids is 2. The number of rotatable bonds is 6. The topological polar surface area (TPSA) is 80.3 Å². The molecular formula is C12H22O4Sn. The van der Waals surface area contributed by atoms with Gasteiger partial charge in [-0.05, 0) is 37.5 Å². The summed E-state index contributed by atoms with van der Waals surface area (Å²) in [5.74, 6) is -0.960. The van der Waals surface area contributed by atoms with Gasteiger partial charge in [0.1, 0.15) is 0 Å². The summed E-state index contributed by atoms with van der Waals surface area (Å²) in [7, 11) is 0. The zero-order valence-corrected chi connectivity index (χ0v) is 14.0. The molecule has 0 fully saturated rings. The molecule has 0 aliphatic rings. The van der Waals surface area contributed by atoms with E-state index >= 15 is 0 Å². The molecule has 2 radical (unpaired) electrons. The van der Waals surface area contributed by atoms with E-state index < -0.39 is 11.9 Å². The smallest absolute Gasteiger partial charge is 0.550 e. The Balaban J connectivity index is -0.000000218. The minimum Gasteiger partial charge on any atom is -0.550 e. The van der Waals surface area contributed by atoms with Crippen LogP contribution < -0.4 is 10.2 Å². The fourth-order valence-electron chi connectivity index (χ4n) is 0.813. The van der Waals surface area contributed by atoms with Crippen LogP contribution in [-0.4, -0.2) is 35.8 Å². The molecule has 0 aromatic rings. The fourth-order valence-corrected chi connectivity index (χ4v) is 0.813. The van der Waals surface area contributed by atoms with Crippen molar-refractivity contribution in [3.8, 4) is 0 Å². The third kappa shape index (κ3) is 31.3. The van der Waals surface area contributed by atoms with Crippen molar-refractivity contribution in [1.82, 2.24) is 0 Å². The predicted octanol–water partition coefficient (Wildman–Crippen LogP) is -0.0358. The summed E-state index contributed by atoms with van der Waals surface area (Å²) in [6.07, 6.45) is 1.83. The predicted molar refractivity (Wildman–Crippen MR) is 63.9 cm³/mol. The van der Waals surface area contributed by atoms with Crippen LogP contribution in [0.15, 0.2) is 0 Å². The van der Waals surface area contributed by atoms with Crippen LogP contribution in [0, 0.1) is 11.8 Å². The van der Waals surface area contributed by atoms with Gasteiger partial charge in [0.25, 0.3) is 0 Å². The zero-order chi connectivity index (χ0) is 13.1. The van der Waals surface area contributed by atoms with Crippen LogP contribution in [-0.2, 0) is 9.59 Å². The summed E-state index contributed by atoms with van der Waals surface area (Å²) in [5, 5.41) is 19.6. The summed E-state index contributed by atoms with van der Waals surface area (Å²) in [4.78, 5) is 19.6. The Morgan fingerprint density at radius 3 is 1.12 bits per heavy atom. The van der Waals surface area contributed by atoms with Crippen LogP contribution in [0.3, 0.4) is 0 Å². The monoisotopic (exact) mass is 350 g/mol. The van der Waals surface area contributed by atoms with Crippen molar-refractivity contribution in [2.24, 2.45) is 11.8 Å². The van der Waals surface area contributed by atoms with Crippen LogP contribution in [0.1, 0.15) is 53.4 Å². The third-order valence-corrected chi connectivity index (χ3v) is 1.85. The molecule has 0 saturated heterocycles. The number of hydrogen-bond acceptors (Lipinski definition) is 4. The van der Waals surface area contributed by atoms with Gasteiger partial charge in [-0.15, -0.1) is 0 Å². The first-order valence-corrected chi connectivity index (χ1v) is 5.65. The van der Waals surface area contributed by atoms with Gasteiger partial charge in [0.05, 0.1) is 0 Å². The first-order valence-electron chi connectivity index (χ1n) is 5.65. The van der Waals surface area contributed by atoms with E-state index in [-0.39, 0.29) is 36.7 Å². The van der Waals surface area contributed by atoms with E-state index in [0.29, 0.717) is 11.8 Å². The average Bonchev–Trinajstić information content (AvgIpc) is 2.12. The number of aliphatic carboxylic acids is 2. The molecule has 5 heteroatoms. The summed E-state index contributed by atoms with van der Waals surface area (Å²) in [6.45, 7) is 7.96. The molecule has 0 heterocycles. The van der Waals surface area contributed by atoms with Crippen molar-refractivity contribution in [3.63, 3.8) is 0 Å². The second-order valence-electron chi connectivity index (χ2n) is 4.61. The summed E-state index contributed by atoms with van der Waals surface area (Å²) in [5.41, 5.74) is 0. The van der Waals surface area contributed by atoms with Gasteiger partial charge in [-0.1, -0.05) is 27.7 Å². The van der Waals surface area contributed by atoms with Crippen LogP contribution in [0.5, 0.6) is 0 Å². The Morgan fingerprint density at radius 2 is 1.06 bits per heavy atom. The molecule has 0 rings (SSSR count). The van der Waals surface area contributed by atoms with Gasteiger partial charge in [-0.25, -0.2) is 0 Å². The van der Waals surface area contributed by atoms with Crippen LogP contribution in [0.4, 0.5) is 0 Å². The normalized spacial score (nSPS) is 9.29. The number of carbonyl (C=O) groups is 2. The number of hydrogen-bond donors (Lipinski definition) is 0. The van der Waals surface area contributed by atoms with Crippen molar-refractivity contribution >= 4 is 35.8 Å². The van der Waals surface area contributed by atoms with Gasteiger partial charge in [0.2, 0.25) is 0 Å². The van der Waals surface area contributed by atoms with Gasteiger partial charge < -0.3 is 19.8 Å². The quantitative estimate of drug-likeness (QED) is 0.631. The zero-order valence-electron chi connectivity index (χ0n) is 11.1. The van der Waals surface area contributed by atoms with E-state index in [1.807, 2.05) is 27.7 Å². The Morgan fingerprint density at radius 1 is 0.824 bits per heavy atom. The first kappa shape index (κ1) is 22.0. The molecule has 98 valence electrons. The van der Waals surface area contributed by atoms with Crippen molar-refractivity contribution in [1.29, 1.82) is 0 Å². The molecule has 0 bridgehead atoms. The molecule has 0 saturated carbocycles. The fraction of sp³-hybridized carbons (Fsp3) is 0.833. The standard InChI is InChI=1S/2C6H12O2.Sn/c2*1-5(2)3-4-6(7)8;/h2*5H,3-4H2,1-2H3,(H,7,8);/q;;+2/p-2. The minimum absolute atomic E-state index is 0. The van der Waals surface area contributed by atoms with E-state index in [1.165, 1.54) is 0 Å². The minimum atomic E-state index is -0.946. The summed E-state index contributed by atoms with van der Waals surface area (Å²) in [6, 6.07) is 0. The van der Waals surface area contributed by atoms with E-state index in [2.05, 4.69) is 0 Å². The Hall–Kier alpha value is -0.261. The molecule has 0 spiro atoms. The molecule has 0 N–H and O–H groups in total. The molecule has 0 unspecified atom stereocenters. The van der Waals surface area contributed by atoms with Crippen molar-refractivity contribution in [3.05, 3.63) is 0 Å². The molecular weight excluding hydrogens is 327 g/mol. The second-order valence-corrected chi connectivity index (χ2v) is 4.61. The summed E-state index contributed by atoms with van der Waals surface area (Å²) >= 11 is 0. The Labute approximate surface area is 121 Å². The largest absolute Gasteiger partial charge is 2.00 e. The van der Waals surface area contributed by atoms with Crippen LogP contribution >= 0.6 is 0 Å². The molecule has 0 aliphatic carbocycles. The molecule has 4 nitrogen and oxygen atoms in total. The maximum absolute atomic E-state index is 9.79. The van der Waals surface area contributed by atoms with Crippen molar-refractivity contribution < 1.29 is 19.8 Å². The van der Waals surface area contributed by atoms with E-state index in [0.717, 1.165) is 12.8 Å². The van der Waals surface area contributed by atoms with Gasteiger partial charge in [0.15, 0.2) is 0 Å². The van der Waals surface area contributed by atoms with E-state index in [1.54, 1.807) is 0 Å². The molecule has 0 aromatic carbocycles. The van der Waals surface area contributed by atoms with Crippen LogP contribution in [0.2, 0.25) is 0 Å². The average molecular weight is 349 g/mol. The number of carboxylic acid groups (broad SMARTS) is 2. The van der Waals surface area contributed by atoms with Gasteiger partial charge in [-0.3, -0.25) is 0 Å². The third-order valence-electron chi connectivity index (χ3n) is 1.85. The van der Waals surface area contributed by atoms with Gasteiger partial charge >= 0.3 is 23.9 Å². The van der Waals surface area contributed by atoms with Gasteiger partial charge in [0, 0.05) is 11.9 Å². The Kier molecular flexibility index (Phi) is 17.8.